The molecular weight excluding hydrogens is 170 g/mol. The van der Waals surface area contributed by atoms with Gasteiger partial charge in [0.15, 0.2) is 0 Å². The number of hydrogen-bond acceptors (Lipinski definition) is 3. The Bertz CT molecular complexity index is 205. The molecule has 1 aliphatic heterocycles. The Morgan fingerprint density at radius 1 is 1.50 bits per heavy atom. The largest absolute Gasteiger partial charge is 0.362 e. The average molecular weight is 183 g/mol. The smallest absolute Gasteiger partial charge is 0.129 e. The topological polar surface area (TPSA) is 33.0 Å². The summed E-state index contributed by atoms with van der Waals surface area (Å²) in [5.41, 5.74) is 0. The fourth-order valence-corrected chi connectivity index (χ4v) is 3.43. The third kappa shape index (κ3) is 1.23. The van der Waals surface area contributed by atoms with Gasteiger partial charge in [-0.25, -0.2) is 0 Å². The van der Waals surface area contributed by atoms with Crippen LogP contribution in [-0.4, -0.2) is 17.3 Å². The van der Waals surface area contributed by atoms with Crippen LogP contribution >= 0.6 is 11.8 Å². The molecule has 1 heterocycles. The quantitative estimate of drug-likeness (QED) is 0.577. The molecule has 0 aromatic carbocycles. The average Bonchev–Trinajstić information content (AvgIpc) is 2.55. The summed E-state index contributed by atoms with van der Waals surface area (Å²) in [6.07, 6.45) is 4.54. The fraction of sp³-hybridized carbons (Fsp3) is 0.889. The van der Waals surface area contributed by atoms with E-state index in [2.05, 4.69) is 6.07 Å². The van der Waals surface area contributed by atoms with Crippen LogP contribution in [0.2, 0.25) is 0 Å². The third-order valence-electron chi connectivity index (χ3n) is 2.73. The summed E-state index contributed by atoms with van der Waals surface area (Å²) < 4.78 is 5.73. The van der Waals surface area contributed by atoms with E-state index in [1.807, 2.05) is 11.8 Å². The van der Waals surface area contributed by atoms with E-state index in [0.717, 1.165) is 25.2 Å². The van der Waals surface area contributed by atoms with Gasteiger partial charge in [-0.3, -0.25) is 0 Å². The molecule has 0 aromatic heterocycles. The molecule has 0 amide bonds. The molecule has 0 N–H and O–H groups in total. The summed E-state index contributed by atoms with van der Waals surface area (Å²) in [6, 6.07) is 2.39. The maximum absolute atomic E-state index is 8.97. The lowest BCUT2D eigenvalue weighted by molar-refractivity contribution is -0.000751. The molecular formula is C9H13NOS. The summed E-state index contributed by atoms with van der Waals surface area (Å²) in [5.74, 6) is 1.21. The molecule has 0 bridgehead atoms. The summed E-state index contributed by atoms with van der Waals surface area (Å²) in [4.78, 5) is -0.104. The van der Waals surface area contributed by atoms with Crippen molar-refractivity contribution in [1.29, 1.82) is 5.26 Å². The molecule has 3 heteroatoms. The molecule has 1 spiro atoms. The standard InChI is InChI=1S/C9H13NOS/c10-7-8-3-1-2-4-9(8)11-5-6-12-9/h8H,1-6H2/t8-,9+/m1/s1. The van der Waals surface area contributed by atoms with Gasteiger partial charge in [0.1, 0.15) is 4.93 Å². The molecule has 0 aromatic rings. The van der Waals surface area contributed by atoms with Crippen molar-refractivity contribution < 1.29 is 4.74 Å². The third-order valence-corrected chi connectivity index (χ3v) is 4.20. The molecule has 2 aliphatic rings. The Labute approximate surface area is 77.3 Å². The van der Waals surface area contributed by atoms with E-state index in [0.29, 0.717) is 0 Å². The SMILES string of the molecule is N#C[C@H]1CCCC[C@@]12OCCS2. The molecule has 0 radical (unpaired) electrons. The molecule has 2 fully saturated rings. The van der Waals surface area contributed by atoms with Gasteiger partial charge in [-0.2, -0.15) is 5.26 Å². The van der Waals surface area contributed by atoms with Crippen LogP contribution in [0.1, 0.15) is 25.7 Å². The van der Waals surface area contributed by atoms with Gasteiger partial charge in [0.2, 0.25) is 0 Å². The van der Waals surface area contributed by atoms with Gasteiger partial charge < -0.3 is 4.74 Å². The molecule has 1 saturated heterocycles. The lowest BCUT2D eigenvalue weighted by Crippen LogP contribution is -2.36. The highest BCUT2D eigenvalue weighted by Crippen LogP contribution is 2.47. The second-order valence-corrected chi connectivity index (χ2v) is 4.82. The van der Waals surface area contributed by atoms with Crippen LogP contribution in [0.15, 0.2) is 0 Å². The van der Waals surface area contributed by atoms with Crippen molar-refractivity contribution in [3.63, 3.8) is 0 Å². The van der Waals surface area contributed by atoms with Crippen LogP contribution in [0.25, 0.3) is 0 Å². The van der Waals surface area contributed by atoms with Gasteiger partial charge in [-0.1, -0.05) is 6.42 Å². The number of ether oxygens (including phenoxy) is 1. The van der Waals surface area contributed by atoms with Gasteiger partial charge in [0.25, 0.3) is 0 Å². The summed E-state index contributed by atoms with van der Waals surface area (Å²) in [5, 5.41) is 8.97. The minimum absolute atomic E-state index is 0.104. The molecule has 2 rings (SSSR count). The second kappa shape index (κ2) is 3.27. The number of thioether (sulfide) groups is 1. The maximum atomic E-state index is 8.97. The van der Waals surface area contributed by atoms with Crippen molar-refractivity contribution in [2.75, 3.05) is 12.4 Å². The normalized spacial score (nSPS) is 41.4. The van der Waals surface area contributed by atoms with Crippen molar-refractivity contribution >= 4 is 11.8 Å². The van der Waals surface area contributed by atoms with E-state index in [-0.39, 0.29) is 10.9 Å². The zero-order valence-corrected chi connectivity index (χ0v) is 7.90. The van der Waals surface area contributed by atoms with E-state index in [1.54, 1.807) is 0 Å². The zero-order chi connectivity index (χ0) is 8.44. The van der Waals surface area contributed by atoms with Gasteiger partial charge >= 0.3 is 0 Å². The Hall–Kier alpha value is -0.200. The van der Waals surface area contributed by atoms with Crippen molar-refractivity contribution in [2.45, 2.75) is 30.6 Å². The van der Waals surface area contributed by atoms with Crippen molar-refractivity contribution in [3.8, 4) is 6.07 Å². The monoisotopic (exact) mass is 183 g/mol. The first kappa shape index (κ1) is 8.40. The van der Waals surface area contributed by atoms with Gasteiger partial charge in [-0.15, -0.1) is 11.8 Å². The molecule has 1 saturated carbocycles. The number of hydrogen-bond donors (Lipinski definition) is 0. The Balaban J connectivity index is 2.14. The van der Waals surface area contributed by atoms with E-state index in [1.165, 1.54) is 12.8 Å². The van der Waals surface area contributed by atoms with E-state index >= 15 is 0 Å². The van der Waals surface area contributed by atoms with Crippen molar-refractivity contribution in [1.82, 2.24) is 0 Å². The minimum Gasteiger partial charge on any atom is -0.362 e. The Kier molecular flexibility index (Phi) is 2.29. The lowest BCUT2D eigenvalue weighted by atomic mass is 9.87. The van der Waals surface area contributed by atoms with Crippen LogP contribution in [0, 0.1) is 17.2 Å². The molecule has 66 valence electrons. The summed E-state index contributed by atoms with van der Waals surface area (Å²) in [6.45, 7) is 0.836. The highest BCUT2D eigenvalue weighted by Gasteiger charge is 2.45. The predicted molar refractivity (Wildman–Crippen MR) is 48.7 cm³/mol. The highest BCUT2D eigenvalue weighted by molar-refractivity contribution is 8.00. The predicted octanol–water partition coefficient (Wildman–Crippen LogP) is 2.16. The van der Waals surface area contributed by atoms with Crippen LogP contribution in [0.3, 0.4) is 0 Å². The number of nitriles is 1. The molecule has 2 atom stereocenters. The summed E-state index contributed by atoms with van der Waals surface area (Å²) >= 11 is 1.85. The maximum Gasteiger partial charge on any atom is 0.129 e. The van der Waals surface area contributed by atoms with E-state index in [4.69, 9.17) is 10.00 Å². The molecule has 0 unspecified atom stereocenters. The molecule has 12 heavy (non-hydrogen) atoms. The first-order valence-corrected chi connectivity index (χ1v) is 5.53. The Morgan fingerprint density at radius 2 is 2.42 bits per heavy atom. The van der Waals surface area contributed by atoms with Crippen molar-refractivity contribution in [2.24, 2.45) is 5.92 Å². The first-order chi connectivity index (χ1) is 5.87. The number of rotatable bonds is 0. The highest BCUT2D eigenvalue weighted by atomic mass is 32.2. The van der Waals surface area contributed by atoms with Crippen LogP contribution in [0.4, 0.5) is 0 Å². The van der Waals surface area contributed by atoms with Crippen molar-refractivity contribution in [3.05, 3.63) is 0 Å². The summed E-state index contributed by atoms with van der Waals surface area (Å²) in [7, 11) is 0. The van der Waals surface area contributed by atoms with E-state index in [9.17, 15) is 0 Å². The van der Waals surface area contributed by atoms with Gasteiger partial charge in [0.05, 0.1) is 18.6 Å². The first-order valence-electron chi connectivity index (χ1n) is 4.55. The van der Waals surface area contributed by atoms with Crippen LogP contribution < -0.4 is 0 Å². The van der Waals surface area contributed by atoms with Crippen LogP contribution in [0.5, 0.6) is 0 Å². The second-order valence-electron chi connectivity index (χ2n) is 3.44. The van der Waals surface area contributed by atoms with E-state index < -0.39 is 0 Å². The number of nitrogens with zero attached hydrogens (tertiary/aromatic N) is 1. The molecule has 2 nitrogen and oxygen atoms in total. The minimum atomic E-state index is -0.104. The van der Waals surface area contributed by atoms with Gasteiger partial charge in [-0.05, 0) is 19.3 Å². The zero-order valence-electron chi connectivity index (χ0n) is 7.08. The van der Waals surface area contributed by atoms with Gasteiger partial charge in [0, 0.05) is 5.75 Å². The fourth-order valence-electron chi connectivity index (χ4n) is 2.09. The van der Waals surface area contributed by atoms with Crippen LogP contribution in [-0.2, 0) is 4.74 Å². The lowest BCUT2D eigenvalue weighted by Gasteiger charge is -2.35. The molecule has 1 aliphatic carbocycles. The Morgan fingerprint density at radius 3 is 3.08 bits per heavy atom.